The van der Waals surface area contributed by atoms with E-state index in [0.717, 1.165) is 96.8 Å². The summed E-state index contributed by atoms with van der Waals surface area (Å²) in [6.07, 6.45) is 0.623. The van der Waals surface area contributed by atoms with Gasteiger partial charge in [0.1, 0.15) is 22.7 Å². The first-order valence-electron chi connectivity index (χ1n) is 21.3. The zero-order valence-electron chi connectivity index (χ0n) is 34.2. The number of thiophene rings is 2. The number of aromatic amines is 3. The van der Waals surface area contributed by atoms with Crippen molar-refractivity contribution in [1.29, 1.82) is 0 Å². The molecule has 4 aliphatic rings. The van der Waals surface area contributed by atoms with Crippen LogP contribution in [0.5, 0.6) is 0 Å². The standard InChI is InChI=1S/C44H49FN12O3S2/c1-54-9-13-56(14-10-54)24-3-4-27-29(19-24)50-41(48-27)35-38(26-21-61-22-31(26)51-43(35)60)47-30-18-23(2-7-33(30)58)20-55-11-15-57(16-12-55)32-6-5-28-39(36(32)45)52-40(49-28)34-37(46)25-8-17-62-44(25)53-42(34)59/h3-6,8,17,19,21-23,30,33,42,47,53,58-59H,2,7,9-16,18,20,46H2,1H3,(H,48,50)(H,49,52)(H,51,60)/t23?,30-,33+,42?/m0/s1. The lowest BCUT2D eigenvalue weighted by molar-refractivity contribution is 0.0804. The predicted molar refractivity (Wildman–Crippen MR) is 248 cm³/mol. The highest BCUT2D eigenvalue weighted by Crippen LogP contribution is 2.40. The number of aliphatic hydroxyl groups excluding tert-OH is 2. The predicted octanol–water partition coefficient (Wildman–Crippen LogP) is 5.30. The highest BCUT2D eigenvalue weighted by molar-refractivity contribution is 7.14. The highest BCUT2D eigenvalue weighted by atomic mass is 32.1. The van der Waals surface area contributed by atoms with Crippen molar-refractivity contribution in [3.8, 4) is 11.4 Å². The van der Waals surface area contributed by atoms with Gasteiger partial charge in [-0.15, -0.1) is 22.7 Å². The molecular formula is C44H49FN12O3S2. The normalized spacial score (nSPS) is 22.8. The number of rotatable bonds is 8. The molecule has 7 aromatic rings. The number of nitrogens with zero attached hydrogens (tertiary/aromatic N) is 6. The van der Waals surface area contributed by atoms with Gasteiger partial charge >= 0.3 is 0 Å². The summed E-state index contributed by atoms with van der Waals surface area (Å²) in [5.41, 5.74) is 13.8. The molecule has 0 spiro atoms. The van der Waals surface area contributed by atoms with E-state index in [4.69, 9.17) is 10.7 Å². The van der Waals surface area contributed by atoms with Crippen LogP contribution in [-0.2, 0) is 0 Å². The van der Waals surface area contributed by atoms with Gasteiger partial charge in [-0.05, 0) is 74.0 Å². The van der Waals surface area contributed by atoms with Crippen LogP contribution in [0.3, 0.4) is 0 Å². The van der Waals surface area contributed by atoms with Crippen LogP contribution in [0.1, 0.15) is 30.7 Å². The zero-order valence-corrected chi connectivity index (χ0v) is 35.9. The molecule has 62 heavy (non-hydrogen) atoms. The molecule has 8 heterocycles. The van der Waals surface area contributed by atoms with Crippen molar-refractivity contribution in [2.75, 3.05) is 86.4 Å². The van der Waals surface area contributed by atoms with Crippen molar-refractivity contribution < 1.29 is 14.6 Å². The molecule has 5 aromatic heterocycles. The molecule has 2 aromatic carbocycles. The topological polar surface area (TPSA) is 194 Å². The van der Waals surface area contributed by atoms with Crippen LogP contribution in [0.4, 0.5) is 26.5 Å². The molecule has 9 N–H and O–H groups in total. The first-order chi connectivity index (χ1) is 30.1. The van der Waals surface area contributed by atoms with E-state index in [-0.39, 0.29) is 22.9 Å². The van der Waals surface area contributed by atoms with Crippen molar-refractivity contribution in [2.45, 2.75) is 37.6 Å². The highest BCUT2D eigenvalue weighted by Gasteiger charge is 2.34. The number of hydrogen-bond acceptors (Lipinski definition) is 14. The molecule has 2 saturated heterocycles. The summed E-state index contributed by atoms with van der Waals surface area (Å²) in [4.78, 5) is 42.3. The zero-order chi connectivity index (χ0) is 42.2. The fraction of sp³-hybridized carbons (Fsp3) is 0.386. The molecule has 11 rings (SSSR count). The Bertz CT molecular complexity index is 2900. The molecule has 1 saturated carbocycles. The Morgan fingerprint density at radius 1 is 0.903 bits per heavy atom. The van der Waals surface area contributed by atoms with E-state index in [1.165, 1.54) is 22.7 Å². The second-order valence-electron chi connectivity index (χ2n) is 17.2. The molecule has 2 unspecified atom stereocenters. The van der Waals surface area contributed by atoms with E-state index >= 15 is 4.39 Å². The van der Waals surface area contributed by atoms with Crippen molar-refractivity contribution in [1.82, 2.24) is 34.7 Å². The van der Waals surface area contributed by atoms with E-state index in [2.05, 4.69) is 69.3 Å². The lowest BCUT2D eigenvalue weighted by Crippen LogP contribution is -2.49. The van der Waals surface area contributed by atoms with Gasteiger partial charge in [0.05, 0.1) is 61.9 Å². The van der Waals surface area contributed by atoms with Crippen LogP contribution in [-0.4, -0.2) is 129 Å². The Labute approximate surface area is 364 Å². The lowest BCUT2D eigenvalue weighted by Gasteiger charge is -2.40. The summed E-state index contributed by atoms with van der Waals surface area (Å²) in [5, 5.41) is 36.6. The number of benzene rings is 2. The van der Waals surface area contributed by atoms with E-state index in [1.54, 1.807) is 6.07 Å². The number of anilines is 4. The monoisotopic (exact) mass is 876 g/mol. The number of aromatic nitrogens is 5. The average molecular weight is 877 g/mol. The van der Waals surface area contributed by atoms with E-state index in [9.17, 15) is 15.0 Å². The quantitative estimate of drug-likeness (QED) is 0.0985. The number of fused-ring (bicyclic) bond motifs is 4. The summed E-state index contributed by atoms with van der Waals surface area (Å²) in [5.74, 6) is 0.768. The van der Waals surface area contributed by atoms with Crippen LogP contribution in [0.15, 0.2) is 57.3 Å². The van der Waals surface area contributed by atoms with Crippen LogP contribution in [0.25, 0.3) is 55.6 Å². The number of H-pyrrole nitrogens is 3. The van der Waals surface area contributed by atoms with Gasteiger partial charge in [0.25, 0.3) is 5.56 Å². The molecular weight excluding hydrogens is 828 g/mol. The Hall–Kier alpha value is -5.50. The number of aliphatic hydroxyl groups is 2. The molecule has 0 radical (unpaired) electrons. The second kappa shape index (κ2) is 15.7. The second-order valence-corrected chi connectivity index (χ2v) is 18.8. The van der Waals surface area contributed by atoms with Gasteiger partial charge in [0.15, 0.2) is 12.0 Å². The van der Waals surface area contributed by atoms with Gasteiger partial charge in [-0.3, -0.25) is 9.69 Å². The average Bonchev–Trinajstić information content (AvgIpc) is 4.10. The molecule has 0 bridgehead atoms. The summed E-state index contributed by atoms with van der Waals surface area (Å²) in [7, 11) is 2.15. The third-order valence-corrected chi connectivity index (χ3v) is 14.9. The Morgan fingerprint density at radius 2 is 1.69 bits per heavy atom. The van der Waals surface area contributed by atoms with E-state index < -0.39 is 12.3 Å². The maximum absolute atomic E-state index is 16.2. The number of pyridine rings is 1. The molecule has 3 fully saturated rings. The fourth-order valence-electron chi connectivity index (χ4n) is 9.84. The van der Waals surface area contributed by atoms with Crippen LogP contribution >= 0.6 is 22.7 Å². The smallest absolute Gasteiger partial charge is 0.261 e. The molecule has 1 aliphatic carbocycles. The van der Waals surface area contributed by atoms with Gasteiger partial charge < -0.3 is 56.2 Å². The van der Waals surface area contributed by atoms with Crippen molar-refractivity contribution in [2.24, 2.45) is 11.7 Å². The maximum Gasteiger partial charge on any atom is 0.261 e. The molecule has 15 nitrogen and oxygen atoms in total. The first-order valence-corrected chi connectivity index (χ1v) is 23.2. The van der Waals surface area contributed by atoms with Gasteiger partial charge in [-0.1, -0.05) is 0 Å². The number of halogens is 1. The van der Waals surface area contributed by atoms with E-state index in [0.29, 0.717) is 70.8 Å². The minimum atomic E-state index is -1.07. The molecule has 0 amide bonds. The van der Waals surface area contributed by atoms with E-state index in [1.807, 2.05) is 34.3 Å². The minimum absolute atomic E-state index is 0.236. The first kappa shape index (κ1) is 39.4. The van der Waals surface area contributed by atoms with Crippen molar-refractivity contribution in [3.05, 3.63) is 80.1 Å². The third kappa shape index (κ3) is 6.98. The molecule has 3 aliphatic heterocycles. The molecule has 4 atom stereocenters. The van der Waals surface area contributed by atoms with Gasteiger partial charge in [-0.2, -0.15) is 0 Å². The largest absolute Gasteiger partial charge is 0.398 e. The summed E-state index contributed by atoms with van der Waals surface area (Å²) in [6.45, 7) is 7.63. The Morgan fingerprint density at radius 3 is 2.53 bits per heavy atom. The summed E-state index contributed by atoms with van der Waals surface area (Å²) in [6, 6.07) is 11.5. The van der Waals surface area contributed by atoms with Crippen molar-refractivity contribution >= 4 is 89.0 Å². The fourth-order valence-corrected chi connectivity index (χ4v) is 11.4. The summed E-state index contributed by atoms with van der Waals surface area (Å²) >= 11 is 2.98. The Balaban J connectivity index is 0.780. The van der Waals surface area contributed by atoms with Gasteiger partial charge in [0.2, 0.25) is 0 Å². The SMILES string of the molecule is CN1CCN(c2ccc3nc(-c4c(N[C@H]5CC(CN6CCN(c7ccc8nc(C9=C(N)c%10ccsc%10NC9O)[nH]c8c7F)CC6)CC[C@H]5O)c5cscc5[nH]c4=O)[nH]c3c2)CC1. The number of hydrogen-bond donors (Lipinski definition) is 8. The Kier molecular flexibility index (Phi) is 9.96. The number of nitrogens with one attached hydrogen (secondary N) is 5. The molecule has 18 heteroatoms. The minimum Gasteiger partial charge on any atom is -0.398 e. The number of imidazole rings is 2. The number of likely N-dealkylation sites (N-methyl/N-ethyl adjacent to an activating group) is 1. The number of piperazine rings is 2. The maximum atomic E-state index is 16.2. The summed E-state index contributed by atoms with van der Waals surface area (Å²) < 4.78 is 16.2. The third-order valence-electron chi connectivity index (χ3n) is 13.3. The molecule has 322 valence electrons. The van der Waals surface area contributed by atoms with Crippen LogP contribution in [0.2, 0.25) is 0 Å². The van der Waals surface area contributed by atoms with Crippen LogP contribution in [0, 0.1) is 11.7 Å². The lowest BCUT2D eigenvalue weighted by atomic mass is 9.83. The van der Waals surface area contributed by atoms with Crippen LogP contribution < -0.4 is 31.7 Å². The van der Waals surface area contributed by atoms with Gasteiger partial charge in [-0.25, -0.2) is 14.4 Å². The van der Waals surface area contributed by atoms with Gasteiger partial charge in [0, 0.05) is 86.3 Å². The van der Waals surface area contributed by atoms with Crippen molar-refractivity contribution in [3.63, 3.8) is 0 Å². The number of nitrogens with two attached hydrogens (primary N) is 1.